The van der Waals surface area contributed by atoms with Crippen molar-refractivity contribution in [3.8, 4) is 5.75 Å². The maximum Gasteiger partial charge on any atom is 0.319 e. The maximum absolute atomic E-state index is 11.3. The summed E-state index contributed by atoms with van der Waals surface area (Å²) >= 11 is 0. The molecule has 0 aromatic heterocycles. The second-order valence-electron chi connectivity index (χ2n) is 3.34. The van der Waals surface area contributed by atoms with Crippen LogP contribution in [0.4, 0.5) is 10.5 Å². The summed E-state index contributed by atoms with van der Waals surface area (Å²) in [5.74, 6) is 0.807. The van der Waals surface area contributed by atoms with Crippen molar-refractivity contribution in [2.45, 2.75) is 20.3 Å². The topological polar surface area (TPSA) is 50.4 Å². The summed E-state index contributed by atoms with van der Waals surface area (Å²) < 4.78 is 5.30. The number of rotatable bonds is 5. The Morgan fingerprint density at radius 1 is 1.25 bits per heavy atom. The van der Waals surface area contributed by atoms with Gasteiger partial charge in [-0.05, 0) is 37.6 Å². The predicted octanol–water partition coefficient (Wildman–Crippen LogP) is 2.62. The first kappa shape index (κ1) is 12.4. The number of benzene rings is 1. The number of urea groups is 1. The van der Waals surface area contributed by atoms with E-state index >= 15 is 0 Å². The highest BCUT2D eigenvalue weighted by Gasteiger charge is 2.00. The second kappa shape index (κ2) is 6.71. The van der Waals surface area contributed by atoms with E-state index in [2.05, 4.69) is 10.6 Å². The molecule has 0 saturated carbocycles. The molecular weight excluding hydrogens is 204 g/mol. The number of hydrogen-bond acceptors (Lipinski definition) is 2. The van der Waals surface area contributed by atoms with Crippen LogP contribution in [0.1, 0.15) is 20.3 Å². The number of carbonyl (C=O) groups excluding carboxylic acids is 1. The van der Waals surface area contributed by atoms with E-state index in [-0.39, 0.29) is 6.03 Å². The van der Waals surface area contributed by atoms with Crippen LogP contribution < -0.4 is 15.4 Å². The molecule has 2 N–H and O–H groups in total. The highest BCUT2D eigenvalue weighted by Crippen LogP contribution is 2.15. The molecule has 0 atom stereocenters. The monoisotopic (exact) mass is 222 g/mol. The van der Waals surface area contributed by atoms with Gasteiger partial charge in [-0.15, -0.1) is 0 Å². The van der Waals surface area contributed by atoms with Crippen LogP contribution in [-0.4, -0.2) is 19.2 Å². The van der Waals surface area contributed by atoms with Gasteiger partial charge in [0.25, 0.3) is 0 Å². The van der Waals surface area contributed by atoms with Crippen molar-refractivity contribution in [1.29, 1.82) is 0 Å². The smallest absolute Gasteiger partial charge is 0.319 e. The molecule has 1 aromatic carbocycles. The summed E-state index contributed by atoms with van der Waals surface area (Å²) in [6, 6.07) is 7.12. The van der Waals surface area contributed by atoms with E-state index in [1.807, 2.05) is 38.1 Å². The maximum atomic E-state index is 11.3. The van der Waals surface area contributed by atoms with Crippen LogP contribution in [0.25, 0.3) is 0 Å². The van der Waals surface area contributed by atoms with Gasteiger partial charge in [0.1, 0.15) is 5.75 Å². The first-order valence-corrected chi connectivity index (χ1v) is 5.54. The largest absolute Gasteiger partial charge is 0.494 e. The molecule has 0 aliphatic heterocycles. The number of hydrogen-bond donors (Lipinski definition) is 2. The van der Waals surface area contributed by atoms with Crippen LogP contribution in [0, 0.1) is 0 Å². The molecule has 0 radical (unpaired) electrons. The minimum atomic E-state index is -0.175. The lowest BCUT2D eigenvalue weighted by molar-refractivity contribution is 0.252. The Labute approximate surface area is 96.0 Å². The van der Waals surface area contributed by atoms with Crippen LogP contribution in [-0.2, 0) is 0 Å². The minimum absolute atomic E-state index is 0.175. The molecule has 1 rings (SSSR count). The Bertz CT molecular complexity index is 322. The van der Waals surface area contributed by atoms with Gasteiger partial charge in [0, 0.05) is 12.2 Å². The molecule has 2 amide bonds. The van der Waals surface area contributed by atoms with Crippen molar-refractivity contribution >= 4 is 11.7 Å². The van der Waals surface area contributed by atoms with Gasteiger partial charge in [0.2, 0.25) is 0 Å². The Hall–Kier alpha value is -1.71. The van der Waals surface area contributed by atoms with E-state index in [0.29, 0.717) is 13.2 Å². The third kappa shape index (κ3) is 4.21. The fraction of sp³-hybridized carbons (Fsp3) is 0.417. The van der Waals surface area contributed by atoms with Gasteiger partial charge in [-0.2, -0.15) is 0 Å². The molecule has 4 nitrogen and oxygen atoms in total. The molecule has 0 aliphatic rings. The lowest BCUT2D eigenvalue weighted by Crippen LogP contribution is -2.29. The van der Waals surface area contributed by atoms with Crippen LogP contribution in [0.2, 0.25) is 0 Å². The average Bonchev–Trinajstić information content (AvgIpc) is 2.29. The highest BCUT2D eigenvalue weighted by atomic mass is 16.5. The summed E-state index contributed by atoms with van der Waals surface area (Å²) in [5, 5.41) is 5.48. The van der Waals surface area contributed by atoms with Crippen LogP contribution in [0.5, 0.6) is 5.75 Å². The third-order valence-corrected chi connectivity index (χ3v) is 1.96. The molecule has 0 unspecified atom stereocenters. The van der Waals surface area contributed by atoms with Crippen molar-refractivity contribution in [2.75, 3.05) is 18.5 Å². The fourth-order valence-corrected chi connectivity index (χ4v) is 1.21. The molecule has 0 spiro atoms. The summed E-state index contributed by atoms with van der Waals surface area (Å²) in [5.41, 5.74) is 0.761. The lowest BCUT2D eigenvalue weighted by atomic mass is 10.3. The molecule has 0 fully saturated rings. The van der Waals surface area contributed by atoms with Crippen LogP contribution in [0.3, 0.4) is 0 Å². The predicted molar refractivity (Wildman–Crippen MR) is 64.9 cm³/mol. The minimum Gasteiger partial charge on any atom is -0.494 e. The Morgan fingerprint density at radius 2 is 1.94 bits per heavy atom. The van der Waals surface area contributed by atoms with E-state index in [9.17, 15) is 4.79 Å². The Morgan fingerprint density at radius 3 is 2.50 bits per heavy atom. The zero-order valence-electron chi connectivity index (χ0n) is 9.75. The SMILES string of the molecule is CCCNC(=O)Nc1ccc(OCC)cc1. The zero-order chi connectivity index (χ0) is 11.8. The number of amides is 2. The fourth-order valence-electron chi connectivity index (χ4n) is 1.21. The van der Waals surface area contributed by atoms with Crippen molar-refractivity contribution in [1.82, 2.24) is 5.32 Å². The summed E-state index contributed by atoms with van der Waals surface area (Å²) in [4.78, 5) is 11.3. The van der Waals surface area contributed by atoms with Crippen LogP contribution >= 0.6 is 0 Å². The average molecular weight is 222 g/mol. The lowest BCUT2D eigenvalue weighted by Gasteiger charge is -2.07. The summed E-state index contributed by atoms with van der Waals surface area (Å²) in [7, 11) is 0. The number of carbonyl (C=O) groups is 1. The number of anilines is 1. The Kier molecular flexibility index (Phi) is 5.19. The van der Waals surface area contributed by atoms with Gasteiger partial charge < -0.3 is 15.4 Å². The van der Waals surface area contributed by atoms with E-state index in [0.717, 1.165) is 17.9 Å². The first-order chi connectivity index (χ1) is 7.76. The molecule has 0 saturated heterocycles. The van der Waals surface area contributed by atoms with Crippen LogP contribution in [0.15, 0.2) is 24.3 Å². The molecule has 1 aromatic rings. The van der Waals surface area contributed by atoms with Gasteiger partial charge in [-0.1, -0.05) is 6.92 Å². The Balaban J connectivity index is 2.45. The van der Waals surface area contributed by atoms with Gasteiger partial charge >= 0.3 is 6.03 Å². The van der Waals surface area contributed by atoms with Crippen molar-refractivity contribution in [3.05, 3.63) is 24.3 Å². The molecule has 88 valence electrons. The molecule has 0 bridgehead atoms. The molecule has 0 heterocycles. The van der Waals surface area contributed by atoms with Gasteiger partial charge in [0.15, 0.2) is 0 Å². The number of ether oxygens (including phenoxy) is 1. The van der Waals surface area contributed by atoms with Gasteiger partial charge in [0.05, 0.1) is 6.61 Å². The normalized spacial score (nSPS) is 9.62. The third-order valence-electron chi connectivity index (χ3n) is 1.96. The van der Waals surface area contributed by atoms with Gasteiger partial charge in [-0.25, -0.2) is 4.79 Å². The molecule has 16 heavy (non-hydrogen) atoms. The first-order valence-electron chi connectivity index (χ1n) is 5.54. The van der Waals surface area contributed by atoms with E-state index in [4.69, 9.17) is 4.74 Å². The van der Waals surface area contributed by atoms with Crippen molar-refractivity contribution in [2.24, 2.45) is 0 Å². The zero-order valence-corrected chi connectivity index (χ0v) is 9.75. The molecule has 4 heteroatoms. The van der Waals surface area contributed by atoms with Gasteiger partial charge in [-0.3, -0.25) is 0 Å². The molecular formula is C12H18N2O2. The quantitative estimate of drug-likeness (QED) is 0.804. The van der Waals surface area contributed by atoms with E-state index in [1.165, 1.54) is 0 Å². The molecule has 0 aliphatic carbocycles. The summed E-state index contributed by atoms with van der Waals surface area (Å²) in [6.45, 7) is 5.27. The highest BCUT2D eigenvalue weighted by molar-refractivity contribution is 5.89. The van der Waals surface area contributed by atoms with E-state index in [1.54, 1.807) is 0 Å². The van der Waals surface area contributed by atoms with Crippen molar-refractivity contribution < 1.29 is 9.53 Å². The standard InChI is InChI=1S/C12H18N2O2/c1-3-9-13-12(15)14-10-5-7-11(8-6-10)16-4-2/h5-8H,3-4,9H2,1-2H3,(H2,13,14,15). The number of nitrogens with one attached hydrogen (secondary N) is 2. The van der Waals surface area contributed by atoms with Crippen molar-refractivity contribution in [3.63, 3.8) is 0 Å². The van der Waals surface area contributed by atoms with E-state index < -0.39 is 0 Å². The second-order valence-corrected chi connectivity index (χ2v) is 3.34. The summed E-state index contributed by atoms with van der Waals surface area (Å²) in [6.07, 6.45) is 0.927.